The van der Waals surface area contributed by atoms with E-state index in [0.717, 1.165) is 65.3 Å². The average Bonchev–Trinajstić information content (AvgIpc) is 3.27. The molecule has 0 fully saturated rings. The third-order valence-corrected chi connectivity index (χ3v) is 6.25. The van der Waals surface area contributed by atoms with Crippen molar-refractivity contribution in [2.45, 2.75) is 38.6 Å². The number of ether oxygens (including phenoxy) is 2. The molecular weight excluding hydrogens is 462 g/mol. The topological polar surface area (TPSA) is 65.4 Å². The van der Waals surface area contributed by atoms with Crippen molar-refractivity contribution < 1.29 is 14.3 Å². The highest BCUT2D eigenvalue weighted by Gasteiger charge is 2.11. The minimum Gasteiger partial charge on any atom is -0.493 e. The predicted molar refractivity (Wildman–Crippen MR) is 148 cm³/mol. The van der Waals surface area contributed by atoms with Crippen molar-refractivity contribution in [2.75, 3.05) is 20.3 Å². The summed E-state index contributed by atoms with van der Waals surface area (Å²) in [5.41, 5.74) is 4.26. The summed E-state index contributed by atoms with van der Waals surface area (Å²) >= 11 is 0. The van der Waals surface area contributed by atoms with Crippen molar-refractivity contribution in [3.8, 4) is 11.5 Å². The van der Waals surface area contributed by atoms with E-state index in [9.17, 15) is 4.79 Å². The first-order chi connectivity index (χ1) is 18.2. The molecule has 4 aromatic rings. The zero-order valence-electron chi connectivity index (χ0n) is 21.5. The molecule has 1 heterocycles. The van der Waals surface area contributed by atoms with E-state index in [0.29, 0.717) is 26.0 Å². The molecular formula is C31H35N3O3. The van der Waals surface area contributed by atoms with Gasteiger partial charge in [-0.3, -0.25) is 4.79 Å². The van der Waals surface area contributed by atoms with Crippen LogP contribution in [0.4, 0.5) is 0 Å². The highest BCUT2D eigenvalue weighted by atomic mass is 16.5. The van der Waals surface area contributed by atoms with E-state index >= 15 is 0 Å². The number of nitrogens with one attached hydrogen (secondary N) is 1. The number of carbonyl (C=O) groups is 1. The monoisotopic (exact) mass is 497 g/mol. The standard InChI is InChI=1S/C31H35N3O3/c1-3-11-24-16-17-28(29(22-24)36-2)37-21-10-9-20-34-27-15-8-7-14-26(27)33-30(34)18-19-32-31(35)23-25-12-5-4-6-13-25/h3-8,12-17,22H,1,9-11,18-21,23H2,2H3,(H,32,35). The number of aromatic nitrogens is 2. The van der Waals surface area contributed by atoms with Crippen LogP contribution in [0.3, 0.4) is 0 Å². The summed E-state index contributed by atoms with van der Waals surface area (Å²) in [6.07, 6.45) is 5.59. The second-order valence-corrected chi connectivity index (χ2v) is 8.96. The van der Waals surface area contributed by atoms with Crippen molar-refractivity contribution in [3.05, 3.63) is 102 Å². The number of hydrogen-bond acceptors (Lipinski definition) is 4. The number of unbranched alkanes of at least 4 members (excludes halogenated alkanes) is 1. The summed E-state index contributed by atoms with van der Waals surface area (Å²) in [4.78, 5) is 17.2. The normalized spacial score (nSPS) is 10.8. The molecule has 1 N–H and O–H groups in total. The van der Waals surface area contributed by atoms with Crippen LogP contribution in [-0.2, 0) is 30.6 Å². The van der Waals surface area contributed by atoms with Gasteiger partial charge in [-0.15, -0.1) is 6.58 Å². The number of methoxy groups -OCH3 is 1. The summed E-state index contributed by atoms with van der Waals surface area (Å²) in [7, 11) is 1.66. The molecule has 0 bridgehead atoms. The lowest BCUT2D eigenvalue weighted by molar-refractivity contribution is -0.120. The van der Waals surface area contributed by atoms with Crippen LogP contribution < -0.4 is 14.8 Å². The third-order valence-electron chi connectivity index (χ3n) is 6.25. The Morgan fingerprint density at radius 2 is 1.81 bits per heavy atom. The first-order valence-corrected chi connectivity index (χ1v) is 12.8. The van der Waals surface area contributed by atoms with Gasteiger partial charge in [0.25, 0.3) is 0 Å². The molecule has 3 aromatic carbocycles. The van der Waals surface area contributed by atoms with Gasteiger partial charge in [-0.1, -0.05) is 54.6 Å². The third kappa shape index (κ3) is 7.23. The van der Waals surface area contributed by atoms with Gasteiger partial charge in [-0.05, 0) is 54.7 Å². The molecule has 1 amide bonds. The summed E-state index contributed by atoms with van der Waals surface area (Å²) in [5.74, 6) is 2.52. The number of para-hydroxylation sites is 2. The highest BCUT2D eigenvalue weighted by molar-refractivity contribution is 5.78. The second kappa shape index (κ2) is 13.3. The van der Waals surface area contributed by atoms with E-state index in [1.54, 1.807) is 7.11 Å². The Bertz CT molecular complexity index is 1310. The number of rotatable bonds is 14. The van der Waals surface area contributed by atoms with E-state index in [2.05, 4.69) is 22.5 Å². The van der Waals surface area contributed by atoms with Crippen molar-refractivity contribution in [1.29, 1.82) is 0 Å². The van der Waals surface area contributed by atoms with E-state index in [-0.39, 0.29) is 5.91 Å². The maximum Gasteiger partial charge on any atom is 0.224 e. The van der Waals surface area contributed by atoms with Crippen molar-refractivity contribution >= 4 is 16.9 Å². The number of amides is 1. The van der Waals surface area contributed by atoms with Crippen LogP contribution in [0.15, 0.2) is 85.5 Å². The van der Waals surface area contributed by atoms with Gasteiger partial charge in [0.05, 0.1) is 31.2 Å². The molecule has 0 aliphatic carbocycles. The largest absolute Gasteiger partial charge is 0.493 e. The van der Waals surface area contributed by atoms with Crippen LogP contribution in [-0.4, -0.2) is 35.7 Å². The first-order valence-electron chi connectivity index (χ1n) is 12.8. The fourth-order valence-corrected chi connectivity index (χ4v) is 4.40. The lowest BCUT2D eigenvalue weighted by Gasteiger charge is -2.13. The summed E-state index contributed by atoms with van der Waals surface area (Å²) < 4.78 is 13.8. The molecule has 0 aliphatic heterocycles. The number of nitrogens with zero attached hydrogens (tertiary/aromatic N) is 2. The smallest absolute Gasteiger partial charge is 0.224 e. The van der Waals surface area contributed by atoms with Crippen LogP contribution in [0.2, 0.25) is 0 Å². The molecule has 6 nitrogen and oxygen atoms in total. The SMILES string of the molecule is C=CCc1ccc(OCCCCn2c(CCNC(=O)Cc3ccccc3)nc3ccccc32)c(OC)c1. The highest BCUT2D eigenvalue weighted by Crippen LogP contribution is 2.28. The lowest BCUT2D eigenvalue weighted by atomic mass is 10.1. The summed E-state index contributed by atoms with van der Waals surface area (Å²) in [6, 6.07) is 24.0. The Morgan fingerprint density at radius 1 is 1.00 bits per heavy atom. The van der Waals surface area contributed by atoms with Gasteiger partial charge < -0.3 is 19.4 Å². The molecule has 0 saturated heterocycles. The Morgan fingerprint density at radius 3 is 2.62 bits per heavy atom. The van der Waals surface area contributed by atoms with Crippen molar-refractivity contribution in [1.82, 2.24) is 14.9 Å². The van der Waals surface area contributed by atoms with E-state index < -0.39 is 0 Å². The number of benzene rings is 3. The number of allylic oxidation sites excluding steroid dienone is 1. The van der Waals surface area contributed by atoms with Crippen LogP contribution in [0.25, 0.3) is 11.0 Å². The molecule has 4 rings (SSSR count). The van der Waals surface area contributed by atoms with Gasteiger partial charge in [-0.25, -0.2) is 4.98 Å². The molecule has 6 heteroatoms. The van der Waals surface area contributed by atoms with Crippen LogP contribution in [0.5, 0.6) is 11.5 Å². The summed E-state index contributed by atoms with van der Waals surface area (Å²) in [6.45, 7) is 5.79. The molecule has 0 spiro atoms. The van der Waals surface area contributed by atoms with Gasteiger partial charge in [0.2, 0.25) is 5.91 Å². The van der Waals surface area contributed by atoms with Crippen molar-refractivity contribution in [2.24, 2.45) is 0 Å². The van der Waals surface area contributed by atoms with Crippen molar-refractivity contribution in [3.63, 3.8) is 0 Å². The fraction of sp³-hybridized carbons (Fsp3) is 0.290. The molecule has 192 valence electrons. The molecule has 0 radical (unpaired) electrons. The van der Waals surface area contributed by atoms with Crippen LogP contribution in [0.1, 0.15) is 29.8 Å². The summed E-state index contributed by atoms with van der Waals surface area (Å²) in [5, 5.41) is 3.04. The van der Waals surface area contributed by atoms with Crippen LogP contribution >= 0.6 is 0 Å². The Kier molecular flexibility index (Phi) is 9.35. The average molecular weight is 498 g/mol. The van der Waals surface area contributed by atoms with Gasteiger partial charge in [-0.2, -0.15) is 0 Å². The van der Waals surface area contributed by atoms with Gasteiger partial charge >= 0.3 is 0 Å². The predicted octanol–water partition coefficient (Wildman–Crippen LogP) is 5.53. The minimum atomic E-state index is 0.0268. The zero-order valence-corrected chi connectivity index (χ0v) is 21.5. The number of aryl methyl sites for hydroxylation is 1. The molecule has 0 atom stereocenters. The number of hydrogen-bond donors (Lipinski definition) is 1. The van der Waals surface area contributed by atoms with E-state index in [1.807, 2.05) is 72.8 Å². The quantitative estimate of drug-likeness (QED) is 0.184. The van der Waals surface area contributed by atoms with Gasteiger partial charge in [0.15, 0.2) is 11.5 Å². The van der Waals surface area contributed by atoms with E-state index in [4.69, 9.17) is 14.5 Å². The molecule has 0 unspecified atom stereocenters. The second-order valence-electron chi connectivity index (χ2n) is 8.96. The number of carbonyl (C=O) groups excluding carboxylic acids is 1. The van der Waals surface area contributed by atoms with Gasteiger partial charge in [0.1, 0.15) is 5.82 Å². The molecule has 1 aromatic heterocycles. The molecule has 0 saturated carbocycles. The maximum atomic E-state index is 12.4. The zero-order chi connectivity index (χ0) is 25.9. The molecule has 0 aliphatic rings. The lowest BCUT2D eigenvalue weighted by Crippen LogP contribution is -2.28. The minimum absolute atomic E-state index is 0.0268. The Balaban J connectivity index is 1.30. The number of imidazole rings is 1. The van der Waals surface area contributed by atoms with E-state index in [1.165, 1.54) is 0 Å². The number of fused-ring (bicyclic) bond motifs is 1. The molecule has 37 heavy (non-hydrogen) atoms. The maximum absolute atomic E-state index is 12.4. The fourth-order valence-electron chi connectivity index (χ4n) is 4.40. The van der Waals surface area contributed by atoms with Gasteiger partial charge in [0, 0.05) is 19.5 Å². The first kappa shape index (κ1) is 26.0. The Hall–Kier alpha value is -4.06. The van der Waals surface area contributed by atoms with Crippen LogP contribution in [0, 0.1) is 0 Å². The Labute approximate surface area is 218 Å².